The largest absolute Gasteiger partial charge is 0.369 e. The molecule has 3 N–H and O–H groups in total. The van der Waals surface area contributed by atoms with Crippen molar-refractivity contribution in [3.8, 4) is 6.07 Å². The quantitative estimate of drug-likeness (QED) is 0.419. The number of sulfonamides is 1. The van der Waals surface area contributed by atoms with Crippen molar-refractivity contribution >= 4 is 21.6 Å². The Morgan fingerprint density at radius 3 is 2.21 bits per heavy atom. The number of carbonyl (C=O) groups is 1. The summed E-state index contributed by atoms with van der Waals surface area (Å²) in [6.07, 6.45) is 4.69. The summed E-state index contributed by atoms with van der Waals surface area (Å²) in [6, 6.07) is 7.13. The summed E-state index contributed by atoms with van der Waals surface area (Å²) < 4.78 is 22.4. The molecule has 0 spiro atoms. The summed E-state index contributed by atoms with van der Waals surface area (Å²) in [5, 5.41) is 16.7. The number of nitrogens with one attached hydrogen (secondary N) is 1. The van der Waals surface area contributed by atoms with E-state index >= 15 is 0 Å². The van der Waals surface area contributed by atoms with Crippen LogP contribution in [0, 0.1) is 11.3 Å². The molecule has 1 amide bonds. The highest BCUT2D eigenvalue weighted by Gasteiger charge is 2.12. The Morgan fingerprint density at radius 1 is 1.25 bits per heavy atom. The van der Waals surface area contributed by atoms with Crippen molar-refractivity contribution in [2.45, 2.75) is 4.90 Å². The molecule has 0 atom stereocenters. The van der Waals surface area contributed by atoms with E-state index in [0.717, 1.165) is 0 Å². The lowest BCUT2D eigenvalue weighted by molar-refractivity contribution is -0.112. The van der Waals surface area contributed by atoms with Gasteiger partial charge in [-0.05, 0) is 24.3 Å². The summed E-state index contributed by atoms with van der Waals surface area (Å²) in [5.74, 6) is -0.612. The fraction of sp³-hybridized carbons (Fsp3) is 0.125. The lowest BCUT2D eigenvalue weighted by atomic mass is 10.2. The number of hydrogen-bond acceptors (Lipinski definition) is 5. The molecule has 0 unspecified atom stereocenters. The highest BCUT2D eigenvalue weighted by Crippen LogP contribution is 2.13. The number of carbonyl (C=O) groups excluding carboxylic acids is 1. The van der Waals surface area contributed by atoms with E-state index in [0.29, 0.717) is 18.8 Å². The van der Waals surface area contributed by atoms with Crippen molar-refractivity contribution in [2.24, 2.45) is 5.14 Å². The second-order valence-corrected chi connectivity index (χ2v) is 6.27. The molecule has 7 nitrogen and oxygen atoms in total. The average molecular weight is 346 g/mol. The fourth-order valence-electron chi connectivity index (χ4n) is 1.76. The van der Waals surface area contributed by atoms with E-state index in [4.69, 9.17) is 10.4 Å². The Bertz CT molecular complexity index is 780. The number of benzene rings is 1. The molecule has 0 saturated carbocycles. The number of nitrogens with zero attached hydrogens (tertiary/aromatic N) is 2. The van der Waals surface area contributed by atoms with Gasteiger partial charge in [-0.2, -0.15) is 5.26 Å². The lowest BCUT2D eigenvalue weighted by Crippen LogP contribution is -2.21. The summed E-state index contributed by atoms with van der Waals surface area (Å²) in [5.41, 5.74) is 0.238. The van der Waals surface area contributed by atoms with Crippen LogP contribution in [0.2, 0.25) is 0 Å². The van der Waals surface area contributed by atoms with Gasteiger partial charge < -0.3 is 10.2 Å². The topological polar surface area (TPSA) is 116 Å². The molecule has 0 aromatic heterocycles. The molecule has 0 aliphatic carbocycles. The molecular formula is C16H18N4O3S. The molecular weight excluding hydrogens is 328 g/mol. The molecule has 1 aromatic rings. The molecule has 0 aliphatic rings. The maximum atomic E-state index is 12.1. The second-order valence-electron chi connectivity index (χ2n) is 4.71. The van der Waals surface area contributed by atoms with E-state index in [2.05, 4.69) is 18.5 Å². The zero-order valence-corrected chi connectivity index (χ0v) is 13.8. The van der Waals surface area contributed by atoms with Gasteiger partial charge in [-0.1, -0.05) is 12.2 Å². The highest BCUT2D eigenvalue weighted by molar-refractivity contribution is 7.89. The van der Waals surface area contributed by atoms with E-state index in [1.807, 2.05) is 6.07 Å². The van der Waals surface area contributed by atoms with Gasteiger partial charge in [0.05, 0.1) is 4.90 Å². The normalized spacial score (nSPS) is 11.2. The number of amides is 1. The van der Waals surface area contributed by atoms with Crippen molar-refractivity contribution in [1.29, 1.82) is 5.26 Å². The first-order valence-electron chi connectivity index (χ1n) is 6.83. The van der Waals surface area contributed by atoms with Crippen LogP contribution in [-0.4, -0.2) is 32.3 Å². The molecule has 0 radical (unpaired) electrons. The third kappa shape index (κ3) is 5.72. The predicted octanol–water partition coefficient (Wildman–Crippen LogP) is 1.35. The van der Waals surface area contributed by atoms with Crippen LogP contribution in [0.4, 0.5) is 5.69 Å². The number of anilines is 1. The van der Waals surface area contributed by atoms with Gasteiger partial charge in [0.15, 0.2) is 0 Å². The second kappa shape index (κ2) is 8.67. The van der Waals surface area contributed by atoms with Crippen LogP contribution >= 0.6 is 0 Å². The number of nitriles is 1. The Hall–Kier alpha value is -2.89. The van der Waals surface area contributed by atoms with Crippen molar-refractivity contribution in [3.05, 3.63) is 61.3 Å². The number of primary sulfonamides is 1. The van der Waals surface area contributed by atoms with Crippen LogP contribution in [0.25, 0.3) is 0 Å². The maximum absolute atomic E-state index is 12.1. The number of hydrogen-bond donors (Lipinski definition) is 2. The SMILES string of the molecule is C=CCN(/C=C(/C#N)C(=O)Nc1ccc(S(N)(=O)=O)cc1)CC=C. The Labute approximate surface area is 141 Å². The van der Waals surface area contributed by atoms with Crippen LogP contribution in [0.1, 0.15) is 0 Å². The smallest absolute Gasteiger partial charge is 0.267 e. The van der Waals surface area contributed by atoms with Gasteiger partial charge in [0.25, 0.3) is 5.91 Å². The van der Waals surface area contributed by atoms with Gasteiger partial charge in [0, 0.05) is 25.0 Å². The molecule has 126 valence electrons. The van der Waals surface area contributed by atoms with Crippen LogP contribution in [0.15, 0.2) is 66.2 Å². The van der Waals surface area contributed by atoms with Gasteiger partial charge in [0.1, 0.15) is 11.6 Å². The summed E-state index contributed by atoms with van der Waals surface area (Å²) in [6.45, 7) is 8.12. The van der Waals surface area contributed by atoms with Crippen molar-refractivity contribution in [2.75, 3.05) is 18.4 Å². The van der Waals surface area contributed by atoms with Gasteiger partial charge in [-0.3, -0.25) is 4.79 Å². The molecule has 1 rings (SSSR count). The minimum absolute atomic E-state index is 0.0697. The monoisotopic (exact) mass is 346 g/mol. The maximum Gasteiger partial charge on any atom is 0.267 e. The molecule has 0 saturated heterocycles. The van der Waals surface area contributed by atoms with Crippen LogP contribution in [-0.2, 0) is 14.8 Å². The van der Waals surface area contributed by atoms with Crippen LogP contribution in [0.5, 0.6) is 0 Å². The third-order valence-electron chi connectivity index (χ3n) is 2.84. The standard InChI is InChI=1S/C16H18N4O3S/c1-3-9-20(10-4-2)12-13(11-17)16(21)19-14-5-7-15(8-6-14)24(18,22)23/h3-8,12H,1-2,9-10H2,(H,19,21)(H2,18,22,23)/b13-12-. The zero-order chi connectivity index (χ0) is 18.2. The predicted molar refractivity (Wildman–Crippen MR) is 92.1 cm³/mol. The van der Waals surface area contributed by atoms with Crippen molar-refractivity contribution in [1.82, 2.24) is 4.90 Å². The van der Waals surface area contributed by atoms with Gasteiger partial charge >= 0.3 is 0 Å². The van der Waals surface area contributed by atoms with Gasteiger partial charge in [-0.25, -0.2) is 13.6 Å². The van der Waals surface area contributed by atoms with E-state index in [1.165, 1.54) is 30.5 Å². The van der Waals surface area contributed by atoms with Crippen LogP contribution in [0.3, 0.4) is 0 Å². The first-order chi connectivity index (χ1) is 11.3. The molecule has 0 fully saturated rings. The van der Waals surface area contributed by atoms with Crippen molar-refractivity contribution < 1.29 is 13.2 Å². The Morgan fingerprint density at radius 2 is 1.79 bits per heavy atom. The molecule has 0 heterocycles. The van der Waals surface area contributed by atoms with Gasteiger partial charge in [0.2, 0.25) is 10.0 Å². The highest BCUT2D eigenvalue weighted by atomic mass is 32.2. The van der Waals surface area contributed by atoms with E-state index in [9.17, 15) is 13.2 Å². The summed E-state index contributed by atoms with van der Waals surface area (Å²) >= 11 is 0. The minimum atomic E-state index is -3.80. The Balaban J connectivity index is 2.93. The zero-order valence-electron chi connectivity index (χ0n) is 13.0. The molecule has 0 bridgehead atoms. The van der Waals surface area contributed by atoms with E-state index in [1.54, 1.807) is 17.1 Å². The van der Waals surface area contributed by atoms with E-state index in [-0.39, 0.29) is 10.5 Å². The third-order valence-corrected chi connectivity index (χ3v) is 3.77. The average Bonchev–Trinajstić information content (AvgIpc) is 2.52. The molecule has 24 heavy (non-hydrogen) atoms. The minimum Gasteiger partial charge on any atom is -0.369 e. The van der Waals surface area contributed by atoms with Crippen molar-refractivity contribution in [3.63, 3.8) is 0 Å². The van der Waals surface area contributed by atoms with Crippen LogP contribution < -0.4 is 10.5 Å². The first kappa shape index (κ1) is 19.2. The van der Waals surface area contributed by atoms with Gasteiger partial charge in [-0.15, -0.1) is 13.2 Å². The fourth-order valence-corrected chi connectivity index (χ4v) is 2.27. The lowest BCUT2D eigenvalue weighted by Gasteiger charge is -2.16. The first-order valence-corrected chi connectivity index (χ1v) is 8.38. The number of rotatable bonds is 8. The van der Waals surface area contributed by atoms with E-state index < -0.39 is 15.9 Å². The molecule has 0 aliphatic heterocycles. The summed E-state index contributed by atoms with van der Waals surface area (Å²) in [7, 11) is -3.80. The number of nitrogens with two attached hydrogens (primary N) is 1. The Kier molecular flexibility index (Phi) is 6.92. The molecule has 8 heteroatoms. The molecule has 1 aromatic carbocycles. The summed E-state index contributed by atoms with van der Waals surface area (Å²) in [4.78, 5) is 13.8.